The van der Waals surface area contributed by atoms with Gasteiger partial charge in [0.15, 0.2) is 0 Å². The fraction of sp³-hybridized carbons (Fsp3) is 0.400. The Morgan fingerprint density at radius 1 is 0.763 bits per heavy atom. The van der Waals surface area contributed by atoms with E-state index in [9.17, 15) is 9.59 Å². The van der Waals surface area contributed by atoms with E-state index in [1.165, 1.54) is 14.2 Å². The molecule has 0 saturated carbocycles. The topological polar surface area (TPSA) is 83.1 Å². The first-order valence-electron chi connectivity index (χ1n) is 13.2. The highest BCUT2D eigenvalue weighted by molar-refractivity contribution is 5.97. The Bertz CT molecular complexity index is 1150. The summed E-state index contributed by atoms with van der Waals surface area (Å²) in [4.78, 5) is 30.1. The molecule has 0 heterocycles. The number of carbonyl (C=O) groups excluding carboxylic acids is 2. The Hall–Kier alpha value is -3.94. The predicted molar refractivity (Wildman–Crippen MR) is 155 cm³/mol. The van der Waals surface area contributed by atoms with Crippen LogP contribution >= 0.6 is 0 Å². The van der Waals surface area contributed by atoms with Crippen LogP contribution < -0.4 is 20.4 Å². The number of methoxy groups -OCH3 is 2. The van der Waals surface area contributed by atoms with E-state index in [0.717, 1.165) is 48.9 Å². The lowest BCUT2D eigenvalue weighted by atomic mass is 9.90. The second-order valence-corrected chi connectivity index (χ2v) is 8.94. The van der Waals surface area contributed by atoms with E-state index in [1.54, 1.807) is 6.08 Å². The van der Waals surface area contributed by atoms with Crippen LogP contribution in [-0.2, 0) is 19.1 Å². The molecular weight excluding hydrogens is 480 g/mol. The molecule has 1 aliphatic rings. The third-order valence-electron chi connectivity index (χ3n) is 6.87. The minimum absolute atomic E-state index is 0.255. The third-order valence-corrected chi connectivity index (χ3v) is 6.87. The summed E-state index contributed by atoms with van der Waals surface area (Å²) in [5, 5.41) is 6.73. The Morgan fingerprint density at radius 3 is 1.68 bits per heavy atom. The molecule has 0 saturated heterocycles. The highest BCUT2D eigenvalue weighted by Crippen LogP contribution is 2.31. The first-order valence-corrected chi connectivity index (χ1v) is 13.2. The van der Waals surface area contributed by atoms with Crippen molar-refractivity contribution in [2.24, 2.45) is 0 Å². The summed E-state index contributed by atoms with van der Waals surface area (Å²) < 4.78 is 10.2. The van der Waals surface area contributed by atoms with Crippen molar-refractivity contribution >= 4 is 34.7 Å². The van der Waals surface area contributed by atoms with Crippen LogP contribution in [0.25, 0.3) is 0 Å². The molecule has 0 amide bonds. The van der Waals surface area contributed by atoms with Crippen LogP contribution in [-0.4, -0.2) is 58.4 Å². The molecule has 0 aromatic heterocycles. The zero-order chi connectivity index (χ0) is 27.7. The molecule has 1 atom stereocenters. The normalized spacial score (nSPS) is 14.9. The number of ether oxygens (including phenoxy) is 2. The number of hydrogen-bond acceptors (Lipinski definition) is 8. The monoisotopic (exact) mass is 520 g/mol. The summed E-state index contributed by atoms with van der Waals surface area (Å²) in [5.41, 5.74) is 5.28. The van der Waals surface area contributed by atoms with Gasteiger partial charge in [-0.05, 0) is 82.3 Å². The zero-order valence-corrected chi connectivity index (χ0v) is 23.3. The van der Waals surface area contributed by atoms with E-state index in [1.807, 2.05) is 48.5 Å². The van der Waals surface area contributed by atoms with Gasteiger partial charge in [-0.15, -0.1) is 0 Å². The maximum Gasteiger partial charge on any atom is 0.335 e. The molecule has 38 heavy (non-hydrogen) atoms. The van der Waals surface area contributed by atoms with Gasteiger partial charge in [-0.1, -0.05) is 0 Å². The summed E-state index contributed by atoms with van der Waals surface area (Å²) in [7, 11) is 2.72. The quantitative estimate of drug-likeness (QED) is 0.370. The molecule has 8 nitrogen and oxygen atoms in total. The lowest BCUT2D eigenvalue weighted by molar-refractivity contribution is -0.138. The summed E-state index contributed by atoms with van der Waals surface area (Å²) >= 11 is 0. The maximum atomic E-state index is 12.8. The predicted octanol–water partition coefficient (Wildman–Crippen LogP) is 5.20. The molecular formula is C30H40N4O4. The van der Waals surface area contributed by atoms with Gasteiger partial charge in [-0.25, -0.2) is 9.59 Å². The van der Waals surface area contributed by atoms with E-state index in [2.05, 4.69) is 48.1 Å². The average molecular weight is 521 g/mol. The molecule has 1 unspecified atom stereocenters. The van der Waals surface area contributed by atoms with Crippen LogP contribution in [0.3, 0.4) is 0 Å². The van der Waals surface area contributed by atoms with E-state index in [0.29, 0.717) is 16.8 Å². The number of hydrogen-bond donors (Lipinski definition) is 2. The molecule has 0 radical (unpaired) electrons. The molecule has 8 heteroatoms. The minimum atomic E-state index is -0.466. The lowest BCUT2D eigenvalue weighted by Crippen LogP contribution is -2.33. The fourth-order valence-corrected chi connectivity index (χ4v) is 4.70. The van der Waals surface area contributed by atoms with Crippen molar-refractivity contribution in [2.75, 3.05) is 60.8 Å². The third kappa shape index (κ3) is 6.68. The summed E-state index contributed by atoms with van der Waals surface area (Å²) in [5.74, 6) is -0.904. The highest BCUT2D eigenvalue weighted by atomic mass is 16.5. The van der Waals surface area contributed by atoms with Gasteiger partial charge in [-0.2, -0.15) is 0 Å². The second-order valence-electron chi connectivity index (χ2n) is 8.94. The Balaban J connectivity index is 1.90. The number of rotatable bonds is 12. The highest BCUT2D eigenvalue weighted by Gasteiger charge is 2.32. The lowest BCUT2D eigenvalue weighted by Gasteiger charge is -2.28. The van der Waals surface area contributed by atoms with Gasteiger partial charge in [0.25, 0.3) is 0 Å². The molecule has 204 valence electrons. The van der Waals surface area contributed by atoms with Crippen molar-refractivity contribution in [1.82, 2.24) is 0 Å². The van der Waals surface area contributed by atoms with Crippen LogP contribution in [0, 0.1) is 0 Å². The van der Waals surface area contributed by atoms with Crippen LogP contribution in [0.1, 0.15) is 34.1 Å². The SMILES string of the molecule is CCN(CC)c1ccc(NC2=C(C(=O)OC)CC(Nc3ccc(N(CC)CC)cc3)C(C(=O)OC)=C2)cc1. The van der Waals surface area contributed by atoms with Crippen molar-refractivity contribution in [3.63, 3.8) is 0 Å². The summed E-state index contributed by atoms with van der Waals surface area (Å²) in [6.07, 6.45) is 1.94. The van der Waals surface area contributed by atoms with Gasteiger partial charge in [0.1, 0.15) is 0 Å². The molecule has 0 aliphatic heterocycles. The van der Waals surface area contributed by atoms with Gasteiger partial charge in [-0.3, -0.25) is 0 Å². The van der Waals surface area contributed by atoms with Gasteiger partial charge in [0.05, 0.1) is 31.4 Å². The van der Waals surface area contributed by atoms with Crippen molar-refractivity contribution in [2.45, 2.75) is 40.2 Å². The number of esters is 2. The first-order chi connectivity index (χ1) is 18.4. The number of benzene rings is 2. The van der Waals surface area contributed by atoms with Crippen LogP contribution in [0.4, 0.5) is 22.7 Å². The Morgan fingerprint density at radius 2 is 1.24 bits per heavy atom. The second kappa shape index (κ2) is 13.6. The Labute approximate surface area is 226 Å². The van der Waals surface area contributed by atoms with E-state index in [-0.39, 0.29) is 6.42 Å². The summed E-state index contributed by atoms with van der Waals surface area (Å²) in [6.45, 7) is 12.2. The Kier molecular flexibility index (Phi) is 10.2. The van der Waals surface area contributed by atoms with Crippen LogP contribution in [0.2, 0.25) is 0 Å². The first kappa shape index (κ1) is 28.6. The van der Waals surface area contributed by atoms with Gasteiger partial charge in [0.2, 0.25) is 0 Å². The molecule has 2 N–H and O–H groups in total. The van der Waals surface area contributed by atoms with Crippen LogP contribution in [0.5, 0.6) is 0 Å². The number of nitrogens with zero attached hydrogens (tertiary/aromatic N) is 2. The molecule has 1 aliphatic carbocycles. The standard InChI is InChI=1S/C30H40N4O4/c1-7-33(8-2)23-15-11-21(12-16-23)31-27-19-26(30(36)38-6)28(20-25(27)29(35)37-5)32-22-13-17-24(18-14-22)34(9-3)10-4/h11-19,28,31-32H,7-10,20H2,1-6H3. The van der Waals surface area contributed by atoms with Crippen LogP contribution in [0.15, 0.2) is 71.5 Å². The number of nitrogens with one attached hydrogen (secondary N) is 2. The van der Waals surface area contributed by atoms with Gasteiger partial charge < -0.3 is 29.9 Å². The largest absolute Gasteiger partial charge is 0.466 e. The zero-order valence-electron chi connectivity index (χ0n) is 23.3. The molecule has 0 fully saturated rings. The van der Waals surface area contributed by atoms with Crippen molar-refractivity contribution in [3.8, 4) is 0 Å². The molecule has 2 aromatic rings. The molecule has 2 aromatic carbocycles. The number of carbonyl (C=O) groups is 2. The number of allylic oxidation sites excluding steroid dienone is 1. The molecule has 0 bridgehead atoms. The van der Waals surface area contributed by atoms with E-state index in [4.69, 9.17) is 9.47 Å². The van der Waals surface area contributed by atoms with Crippen molar-refractivity contribution in [1.29, 1.82) is 0 Å². The maximum absolute atomic E-state index is 12.8. The fourth-order valence-electron chi connectivity index (χ4n) is 4.70. The number of anilines is 4. The van der Waals surface area contributed by atoms with Crippen molar-refractivity contribution in [3.05, 3.63) is 71.5 Å². The van der Waals surface area contributed by atoms with Gasteiger partial charge >= 0.3 is 11.9 Å². The average Bonchev–Trinajstić information content (AvgIpc) is 2.95. The smallest absolute Gasteiger partial charge is 0.335 e. The van der Waals surface area contributed by atoms with E-state index >= 15 is 0 Å². The van der Waals surface area contributed by atoms with E-state index < -0.39 is 18.0 Å². The minimum Gasteiger partial charge on any atom is -0.466 e. The van der Waals surface area contributed by atoms with Gasteiger partial charge in [0, 0.05) is 61.0 Å². The summed E-state index contributed by atoms with van der Waals surface area (Å²) in [6, 6.07) is 15.6. The molecule has 3 rings (SSSR count). The van der Waals surface area contributed by atoms with Crippen molar-refractivity contribution < 1.29 is 19.1 Å². The molecule has 0 spiro atoms.